The number of aryl methyl sites for hydroxylation is 1. The molecule has 2 rings (SSSR count). The van der Waals surface area contributed by atoms with Gasteiger partial charge in [0.1, 0.15) is 11.5 Å². The van der Waals surface area contributed by atoms with E-state index in [4.69, 9.17) is 11.6 Å². The molecule has 0 aliphatic carbocycles. The molecule has 0 fully saturated rings. The van der Waals surface area contributed by atoms with Crippen molar-refractivity contribution in [3.8, 4) is 5.69 Å². The molecule has 0 aliphatic heterocycles. The van der Waals surface area contributed by atoms with Gasteiger partial charge in [-0.2, -0.15) is 5.10 Å². The van der Waals surface area contributed by atoms with Gasteiger partial charge in [0.25, 0.3) is 0 Å². The molecule has 17 heavy (non-hydrogen) atoms. The molecule has 3 nitrogen and oxygen atoms in total. The lowest BCUT2D eigenvalue weighted by Crippen LogP contribution is -2.17. The zero-order valence-electron chi connectivity index (χ0n) is 9.15. The number of hydrogen-bond donors (Lipinski definition) is 0. The highest BCUT2D eigenvalue weighted by Crippen LogP contribution is 2.10. The molecule has 1 aromatic heterocycles. The summed E-state index contributed by atoms with van der Waals surface area (Å²) in [4.78, 5) is 11.5. The van der Waals surface area contributed by atoms with Gasteiger partial charge in [-0.1, -0.05) is 6.07 Å². The highest BCUT2D eigenvalue weighted by molar-refractivity contribution is 6.16. The van der Waals surface area contributed by atoms with Gasteiger partial charge in [-0.3, -0.25) is 4.79 Å². The van der Waals surface area contributed by atoms with Crippen LogP contribution in [-0.2, 0) is 5.88 Å². The molecule has 0 aliphatic rings. The fraction of sp³-hybridized carbons (Fsp3) is 0.167. The molecule has 0 spiro atoms. The van der Waals surface area contributed by atoms with Crippen LogP contribution in [0.15, 0.2) is 35.1 Å². The largest absolute Gasteiger partial charge is 0.288 e. The Labute approximate surface area is 102 Å². The lowest BCUT2D eigenvalue weighted by Gasteiger charge is -2.10. The summed E-state index contributed by atoms with van der Waals surface area (Å²) in [6, 6.07) is 7.44. The SMILES string of the molecule is Cc1cc(=O)c(CCl)nn1-c1cccc(F)c1. The van der Waals surface area contributed by atoms with E-state index in [2.05, 4.69) is 5.10 Å². The number of halogens is 2. The number of aromatic nitrogens is 2. The maximum atomic E-state index is 13.1. The molecule has 0 N–H and O–H groups in total. The van der Waals surface area contributed by atoms with Crippen molar-refractivity contribution in [2.45, 2.75) is 12.8 Å². The monoisotopic (exact) mass is 252 g/mol. The van der Waals surface area contributed by atoms with E-state index in [1.165, 1.54) is 22.9 Å². The van der Waals surface area contributed by atoms with Crippen molar-refractivity contribution in [1.82, 2.24) is 9.78 Å². The maximum Gasteiger partial charge on any atom is 0.204 e. The first-order chi connectivity index (χ1) is 8.11. The minimum absolute atomic E-state index is 0.0361. The third-order valence-electron chi connectivity index (χ3n) is 2.36. The van der Waals surface area contributed by atoms with Crippen LogP contribution >= 0.6 is 11.6 Å². The minimum atomic E-state index is -0.352. The Balaban J connectivity index is 2.63. The number of nitrogens with zero attached hydrogens (tertiary/aromatic N) is 2. The molecule has 0 saturated heterocycles. The van der Waals surface area contributed by atoms with Crippen LogP contribution in [0.3, 0.4) is 0 Å². The predicted molar refractivity (Wildman–Crippen MR) is 64.1 cm³/mol. The molecule has 2 aromatic rings. The Morgan fingerprint density at radius 1 is 1.41 bits per heavy atom. The number of rotatable bonds is 2. The molecule has 0 bridgehead atoms. The summed E-state index contributed by atoms with van der Waals surface area (Å²) in [5.74, 6) is -0.316. The van der Waals surface area contributed by atoms with E-state index in [0.717, 1.165) is 0 Å². The van der Waals surface area contributed by atoms with Gasteiger partial charge in [0.15, 0.2) is 0 Å². The Kier molecular flexibility index (Phi) is 3.24. The van der Waals surface area contributed by atoms with Crippen LogP contribution in [0, 0.1) is 12.7 Å². The number of hydrogen-bond acceptors (Lipinski definition) is 2. The normalized spacial score (nSPS) is 10.5. The average Bonchev–Trinajstić information content (AvgIpc) is 2.29. The van der Waals surface area contributed by atoms with Crippen LogP contribution in [0.1, 0.15) is 11.4 Å². The molecule has 88 valence electrons. The molecule has 0 amide bonds. The fourth-order valence-corrected chi connectivity index (χ4v) is 1.73. The van der Waals surface area contributed by atoms with Crippen LogP contribution < -0.4 is 5.43 Å². The summed E-state index contributed by atoms with van der Waals surface area (Å²) in [7, 11) is 0. The summed E-state index contributed by atoms with van der Waals surface area (Å²) in [5, 5.41) is 4.11. The molecule has 1 aromatic carbocycles. The highest BCUT2D eigenvalue weighted by Gasteiger charge is 2.07. The first kappa shape index (κ1) is 11.8. The summed E-state index contributed by atoms with van der Waals surface area (Å²) >= 11 is 5.63. The Morgan fingerprint density at radius 3 is 2.82 bits per heavy atom. The second kappa shape index (κ2) is 4.67. The van der Waals surface area contributed by atoms with Crippen LogP contribution in [0.25, 0.3) is 5.69 Å². The van der Waals surface area contributed by atoms with Crippen molar-refractivity contribution in [3.05, 3.63) is 57.8 Å². The summed E-state index contributed by atoms with van der Waals surface area (Å²) < 4.78 is 14.6. The van der Waals surface area contributed by atoms with Crippen molar-refractivity contribution in [2.24, 2.45) is 0 Å². The number of benzene rings is 1. The van der Waals surface area contributed by atoms with Crippen molar-refractivity contribution in [2.75, 3.05) is 0 Å². The van der Waals surface area contributed by atoms with Crippen molar-refractivity contribution < 1.29 is 4.39 Å². The van der Waals surface area contributed by atoms with E-state index in [1.807, 2.05) is 0 Å². The van der Waals surface area contributed by atoms with Gasteiger partial charge in [-0.05, 0) is 25.1 Å². The Morgan fingerprint density at radius 2 is 2.18 bits per heavy atom. The van der Waals surface area contributed by atoms with Crippen LogP contribution in [0.5, 0.6) is 0 Å². The van der Waals surface area contributed by atoms with E-state index in [-0.39, 0.29) is 22.8 Å². The van der Waals surface area contributed by atoms with Gasteiger partial charge >= 0.3 is 0 Å². The summed E-state index contributed by atoms with van der Waals surface area (Å²) in [5.41, 5.74) is 1.25. The van der Waals surface area contributed by atoms with E-state index >= 15 is 0 Å². The second-order valence-electron chi connectivity index (χ2n) is 3.62. The van der Waals surface area contributed by atoms with Crippen molar-refractivity contribution in [1.29, 1.82) is 0 Å². The Bertz CT molecular complexity index is 610. The van der Waals surface area contributed by atoms with Gasteiger partial charge in [-0.15, -0.1) is 11.6 Å². The van der Waals surface area contributed by atoms with Gasteiger partial charge in [-0.25, -0.2) is 9.07 Å². The van der Waals surface area contributed by atoms with E-state index < -0.39 is 0 Å². The summed E-state index contributed by atoms with van der Waals surface area (Å²) in [6.45, 7) is 1.73. The predicted octanol–water partition coefficient (Wildman–Crippen LogP) is 2.42. The van der Waals surface area contributed by atoms with Crippen LogP contribution in [0.4, 0.5) is 4.39 Å². The maximum absolute atomic E-state index is 13.1. The zero-order chi connectivity index (χ0) is 12.4. The fourth-order valence-electron chi connectivity index (χ4n) is 1.54. The lowest BCUT2D eigenvalue weighted by molar-refractivity contribution is 0.624. The molecule has 1 heterocycles. The quantitative estimate of drug-likeness (QED) is 0.770. The topological polar surface area (TPSA) is 34.9 Å². The molecule has 0 saturated carbocycles. The smallest absolute Gasteiger partial charge is 0.204 e. The first-order valence-corrected chi connectivity index (χ1v) is 5.57. The Hall–Kier alpha value is -1.68. The summed E-state index contributed by atoms with van der Waals surface area (Å²) in [6.07, 6.45) is 0. The van der Waals surface area contributed by atoms with Crippen molar-refractivity contribution >= 4 is 11.6 Å². The number of alkyl halides is 1. The molecular weight excluding hydrogens is 243 g/mol. The van der Waals surface area contributed by atoms with Crippen LogP contribution in [-0.4, -0.2) is 9.78 Å². The standard InChI is InChI=1S/C12H10ClFN2O/c1-8-5-12(17)11(7-13)15-16(8)10-4-2-3-9(14)6-10/h2-6H,7H2,1H3. The van der Waals surface area contributed by atoms with E-state index in [9.17, 15) is 9.18 Å². The minimum Gasteiger partial charge on any atom is -0.288 e. The first-order valence-electron chi connectivity index (χ1n) is 5.03. The third-order valence-corrected chi connectivity index (χ3v) is 2.61. The lowest BCUT2D eigenvalue weighted by atomic mass is 10.3. The van der Waals surface area contributed by atoms with E-state index in [0.29, 0.717) is 11.4 Å². The highest BCUT2D eigenvalue weighted by atomic mass is 35.5. The molecule has 0 unspecified atom stereocenters. The van der Waals surface area contributed by atoms with Gasteiger partial charge in [0.05, 0.1) is 11.6 Å². The second-order valence-corrected chi connectivity index (χ2v) is 3.89. The average molecular weight is 253 g/mol. The molecule has 0 atom stereocenters. The molecule has 5 heteroatoms. The van der Waals surface area contributed by atoms with Gasteiger partial charge in [0, 0.05) is 11.8 Å². The van der Waals surface area contributed by atoms with Crippen LogP contribution in [0.2, 0.25) is 0 Å². The zero-order valence-corrected chi connectivity index (χ0v) is 9.91. The van der Waals surface area contributed by atoms with Gasteiger partial charge in [0.2, 0.25) is 5.43 Å². The van der Waals surface area contributed by atoms with Gasteiger partial charge < -0.3 is 0 Å². The van der Waals surface area contributed by atoms with E-state index in [1.54, 1.807) is 19.1 Å². The third kappa shape index (κ3) is 2.36. The van der Waals surface area contributed by atoms with Crippen molar-refractivity contribution in [3.63, 3.8) is 0 Å². The molecule has 0 radical (unpaired) electrons. The molecular formula is C12H10ClFN2O.